The molecule has 2 aromatic rings. The molecule has 2 rings (SSSR count). The summed E-state index contributed by atoms with van der Waals surface area (Å²) in [5.74, 6) is 0.434. The molecule has 0 saturated carbocycles. The third kappa shape index (κ3) is 3.34. The van der Waals surface area contributed by atoms with Crippen LogP contribution in [0.2, 0.25) is 0 Å². The quantitative estimate of drug-likeness (QED) is 0.858. The third-order valence-electron chi connectivity index (χ3n) is 2.51. The van der Waals surface area contributed by atoms with Crippen molar-refractivity contribution in [2.75, 3.05) is 0 Å². The molecule has 2 N–H and O–H groups in total. The van der Waals surface area contributed by atoms with Gasteiger partial charge in [0.2, 0.25) is 5.91 Å². The van der Waals surface area contributed by atoms with Crippen LogP contribution in [0.4, 0.5) is 0 Å². The molecule has 3 nitrogen and oxygen atoms in total. The van der Waals surface area contributed by atoms with E-state index in [4.69, 9.17) is 5.73 Å². The number of pyridine rings is 1. The molecule has 0 bridgehead atoms. The van der Waals surface area contributed by atoms with Crippen LogP contribution in [-0.4, -0.2) is 10.9 Å². The third-order valence-corrected chi connectivity index (χ3v) is 3.52. The van der Waals surface area contributed by atoms with Crippen LogP contribution in [0, 0.1) is 6.92 Å². The smallest absolute Gasteiger partial charge is 0.248 e. The van der Waals surface area contributed by atoms with E-state index >= 15 is 0 Å². The van der Waals surface area contributed by atoms with Gasteiger partial charge in [-0.3, -0.25) is 4.79 Å². The summed E-state index contributed by atoms with van der Waals surface area (Å²) < 4.78 is 0. The highest BCUT2D eigenvalue weighted by Gasteiger charge is 2.01. The van der Waals surface area contributed by atoms with Crippen LogP contribution in [0.25, 0.3) is 0 Å². The van der Waals surface area contributed by atoms with Crippen LogP contribution in [0.15, 0.2) is 47.6 Å². The van der Waals surface area contributed by atoms with Crippen molar-refractivity contribution >= 4 is 17.7 Å². The average Bonchev–Trinajstić information content (AvgIpc) is 2.38. The van der Waals surface area contributed by atoms with Gasteiger partial charge in [-0.15, -0.1) is 11.8 Å². The Hall–Kier alpha value is -1.81. The molecule has 18 heavy (non-hydrogen) atoms. The molecule has 0 aliphatic carbocycles. The number of benzene rings is 1. The number of primary amides is 1. The van der Waals surface area contributed by atoms with Crippen molar-refractivity contribution in [3.63, 3.8) is 0 Å². The van der Waals surface area contributed by atoms with E-state index in [9.17, 15) is 4.79 Å². The normalized spacial score (nSPS) is 10.3. The zero-order valence-corrected chi connectivity index (χ0v) is 10.9. The van der Waals surface area contributed by atoms with Crippen molar-refractivity contribution in [1.29, 1.82) is 0 Å². The topological polar surface area (TPSA) is 56.0 Å². The molecule has 1 amide bonds. The molecule has 0 unspecified atom stereocenters. The lowest BCUT2D eigenvalue weighted by Crippen LogP contribution is -2.10. The Balaban J connectivity index is 1.97. The molecule has 0 radical (unpaired) electrons. The first-order chi connectivity index (χ1) is 8.65. The predicted octanol–water partition coefficient (Wildman–Crippen LogP) is 2.78. The minimum atomic E-state index is -0.394. The highest BCUT2D eigenvalue weighted by molar-refractivity contribution is 7.98. The number of amides is 1. The molecular weight excluding hydrogens is 244 g/mol. The summed E-state index contributed by atoms with van der Waals surface area (Å²) >= 11 is 1.67. The maximum atomic E-state index is 10.9. The Morgan fingerprint density at radius 3 is 2.50 bits per heavy atom. The maximum absolute atomic E-state index is 10.9. The number of hydrogen-bond donors (Lipinski definition) is 1. The molecule has 0 spiro atoms. The van der Waals surface area contributed by atoms with Crippen molar-refractivity contribution in [3.05, 3.63) is 59.3 Å². The van der Waals surface area contributed by atoms with Crippen LogP contribution in [0.1, 0.15) is 21.5 Å². The first kappa shape index (κ1) is 12.6. The van der Waals surface area contributed by atoms with Crippen LogP contribution >= 0.6 is 11.8 Å². The number of hydrogen-bond acceptors (Lipinski definition) is 3. The van der Waals surface area contributed by atoms with Crippen LogP contribution < -0.4 is 5.73 Å². The van der Waals surface area contributed by atoms with Gasteiger partial charge in [0.25, 0.3) is 0 Å². The minimum Gasteiger partial charge on any atom is -0.366 e. The monoisotopic (exact) mass is 258 g/mol. The summed E-state index contributed by atoms with van der Waals surface area (Å²) in [6, 6.07) is 11.4. The summed E-state index contributed by atoms with van der Waals surface area (Å²) in [7, 11) is 0. The number of carbonyl (C=O) groups excluding carboxylic acids is 1. The van der Waals surface area contributed by atoms with E-state index < -0.39 is 5.91 Å². The fourth-order valence-electron chi connectivity index (χ4n) is 1.46. The van der Waals surface area contributed by atoms with Gasteiger partial charge in [-0.2, -0.15) is 0 Å². The van der Waals surface area contributed by atoms with E-state index in [-0.39, 0.29) is 0 Å². The van der Waals surface area contributed by atoms with Gasteiger partial charge in [-0.25, -0.2) is 4.98 Å². The SMILES string of the molecule is Cc1ccc(SCc2ccc(C(N)=O)cc2)nc1. The Bertz CT molecular complexity index is 535. The van der Waals surface area contributed by atoms with Gasteiger partial charge >= 0.3 is 0 Å². The molecule has 1 aromatic carbocycles. The first-order valence-corrected chi connectivity index (χ1v) is 6.58. The minimum absolute atomic E-state index is 0.394. The molecular formula is C14H14N2OS. The molecule has 92 valence electrons. The van der Waals surface area contributed by atoms with Gasteiger partial charge in [-0.1, -0.05) is 18.2 Å². The van der Waals surface area contributed by atoms with E-state index in [0.717, 1.165) is 21.9 Å². The van der Waals surface area contributed by atoms with E-state index in [2.05, 4.69) is 4.98 Å². The van der Waals surface area contributed by atoms with Gasteiger partial charge in [-0.05, 0) is 36.2 Å². The Labute approximate surface area is 110 Å². The maximum Gasteiger partial charge on any atom is 0.248 e. The molecule has 1 heterocycles. The molecule has 0 aliphatic rings. The summed E-state index contributed by atoms with van der Waals surface area (Å²) in [4.78, 5) is 15.3. The number of carbonyl (C=O) groups is 1. The van der Waals surface area contributed by atoms with E-state index in [1.807, 2.05) is 37.4 Å². The lowest BCUT2D eigenvalue weighted by molar-refractivity contribution is 0.100. The highest BCUT2D eigenvalue weighted by atomic mass is 32.2. The van der Waals surface area contributed by atoms with Crippen LogP contribution in [-0.2, 0) is 5.75 Å². The van der Waals surface area contributed by atoms with Gasteiger partial charge in [0, 0.05) is 17.5 Å². The number of thioether (sulfide) groups is 1. The van der Waals surface area contributed by atoms with Crippen LogP contribution in [0.5, 0.6) is 0 Å². The Kier molecular flexibility index (Phi) is 3.99. The molecule has 0 aliphatic heterocycles. The molecule has 0 atom stereocenters. The molecule has 0 saturated heterocycles. The highest BCUT2D eigenvalue weighted by Crippen LogP contribution is 2.20. The largest absolute Gasteiger partial charge is 0.366 e. The summed E-state index contributed by atoms with van der Waals surface area (Å²) in [5.41, 5.74) is 8.03. The first-order valence-electron chi connectivity index (χ1n) is 5.59. The summed E-state index contributed by atoms with van der Waals surface area (Å²) in [6.07, 6.45) is 1.86. The van der Waals surface area contributed by atoms with Crippen molar-refractivity contribution in [1.82, 2.24) is 4.98 Å². The Morgan fingerprint density at radius 2 is 1.94 bits per heavy atom. The fraction of sp³-hybridized carbons (Fsp3) is 0.143. The molecule has 4 heteroatoms. The number of nitrogens with two attached hydrogens (primary N) is 1. The number of rotatable bonds is 4. The number of aromatic nitrogens is 1. The second-order valence-electron chi connectivity index (χ2n) is 4.02. The van der Waals surface area contributed by atoms with Crippen molar-refractivity contribution in [3.8, 4) is 0 Å². The van der Waals surface area contributed by atoms with E-state index in [1.54, 1.807) is 23.9 Å². The second-order valence-corrected chi connectivity index (χ2v) is 5.02. The van der Waals surface area contributed by atoms with E-state index in [1.165, 1.54) is 0 Å². The van der Waals surface area contributed by atoms with Crippen molar-refractivity contribution < 1.29 is 4.79 Å². The van der Waals surface area contributed by atoms with Gasteiger partial charge in [0.05, 0.1) is 5.03 Å². The second kappa shape index (κ2) is 5.69. The van der Waals surface area contributed by atoms with Gasteiger partial charge < -0.3 is 5.73 Å². The predicted molar refractivity (Wildman–Crippen MR) is 73.5 cm³/mol. The van der Waals surface area contributed by atoms with Crippen molar-refractivity contribution in [2.24, 2.45) is 5.73 Å². The lowest BCUT2D eigenvalue weighted by Gasteiger charge is -2.02. The Morgan fingerprint density at radius 1 is 1.22 bits per heavy atom. The lowest BCUT2D eigenvalue weighted by atomic mass is 10.1. The number of aryl methyl sites for hydroxylation is 1. The van der Waals surface area contributed by atoms with Crippen LogP contribution in [0.3, 0.4) is 0 Å². The zero-order valence-electron chi connectivity index (χ0n) is 10.1. The van der Waals surface area contributed by atoms with Gasteiger partial charge in [0.15, 0.2) is 0 Å². The molecule has 0 fully saturated rings. The van der Waals surface area contributed by atoms with Gasteiger partial charge in [0.1, 0.15) is 0 Å². The summed E-state index contributed by atoms with van der Waals surface area (Å²) in [6.45, 7) is 2.02. The number of nitrogens with zero attached hydrogens (tertiary/aromatic N) is 1. The zero-order chi connectivity index (χ0) is 13.0. The van der Waals surface area contributed by atoms with E-state index in [0.29, 0.717) is 5.56 Å². The summed E-state index contributed by atoms with van der Waals surface area (Å²) in [5, 5.41) is 1.000. The average molecular weight is 258 g/mol. The fourth-order valence-corrected chi connectivity index (χ4v) is 2.26. The molecule has 1 aromatic heterocycles. The van der Waals surface area contributed by atoms with Crippen molar-refractivity contribution in [2.45, 2.75) is 17.7 Å². The standard InChI is InChI=1S/C14H14N2OS/c1-10-2-7-13(16-8-10)18-9-11-3-5-12(6-4-11)14(15)17/h2-8H,9H2,1H3,(H2,15,17).